The van der Waals surface area contributed by atoms with Gasteiger partial charge >= 0.3 is 0 Å². The van der Waals surface area contributed by atoms with Gasteiger partial charge < -0.3 is 19.5 Å². The van der Waals surface area contributed by atoms with Crippen molar-refractivity contribution in [1.29, 1.82) is 0 Å². The summed E-state index contributed by atoms with van der Waals surface area (Å²) < 4.78 is 42.4. The predicted molar refractivity (Wildman–Crippen MR) is 97.6 cm³/mol. The Labute approximate surface area is 161 Å². The molecule has 0 aliphatic carbocycles. The molecule has 1 amide bonds. The van der Waals surface area contributed by atoms with Crippen molar-refractivity contribution >= 4 is 17.5 Å². The van der Waals surface area contributed by atoms with Crippen LogP contribution in [-0.2, 0) is 4.74 Å². The van der Waals surface area contributed by atoms with E-state index in [1.54, 1.807) is 32.2 Å². The maximum absolute atomic E-state index is 13.4. The Morgan fingerprint density at radius 2 is 1.81 bits per heavy atom. The van der Waals surface area contributed by atoms with Gasteiger partial charge in [0.1, 0.15) is 6.61 Å². The van der Waals surface area contributed by atoms with Gasteiger partial charge in [0.25, 0.3) is 5.91 Å². The molecule has 0 aliphatic rings. The molecule has 1 N–H and O–H groups in total. The van der Waals surface area contributed by atoms with E-state index in [2.05, 4.69) is 5.32 Å². The molecule has 0 bridgehead atoms. The fourth-order valence-corrected chi connectivity index (χ4v) is 2.60. The second-order valence-corrected chi connectivity index (χ2v) is 6.10. The standard InChI is InChI=1S/C19H20ClF2NO4/c1-11(23-19(24)13-9-15(21)16(22)10-14(13)20)12-4-5-17(18(8-12)26-3)27-7-6-25-2/h4-5,8-11H,6-7H2,1-3H3,(H,23,24). The zero-order chi connectivity index (χ0) is 20.0. The maximum atomic E-state index is 13.4. The first kappa shape index (κ1) is 20.9. The van der Waals surface area contributed by atoms with E-state index in [1.807, 2.05) is 0 Å². The molecule has 5 nitrogen and oxygen atoms in total. The molecule has 0 saturated carbocycles. The van der Waals surface area contributed by atoms with Crippen LogP contribution in [0.3, 0.4) is 0 Å². The topological polar surface area (TPSA) is 56.8 Å². The van der Waals surface area contributed by atoms with Crippen molar-refractivity contribution in [3.63, 3.8) is 0 Å². The van der Waals surface area contributed by atoms with Crippen molar-refractivity contribution in [2.45, 2.75) is 13.0 Å². The Morgan fingerprint density at radius 3 is 2.48 bits per heavy atom. The predicted octanol–water partition coefficient (Wildman–Crippen LogP) is 4.14. The zero-order valence-corrected chi connectivity index (χ0v) is 15.9. The van der Waals surface area contributed by atoms with Crippen LogP contribution in [0.1, 0.15) is 28.9 Å². The summed E-state index contributed by atoms with van der Waals surface area (Å²) in [4.78, 5) is 12.4. The maximum Gasteiger partial charge on any atom is 0.253 e. The number of hydrogen-bond donors (Lipinski definition) is 1. The van der Waals surface area contributed by atoms with E-state index in [0.29, 0.717) is 24.7 Å². The monoisotopic (exact) mass is 399 g/mol. The summed E-state index contributed by atoms with van der Waals surface area (Å²) in [5.74, 6) is -1.84. The number of halogens is 3. The first-order valence-electron chi connectivity index (χ1n) is 8.12. The van der Waals surface area contributed by atoms with E-state index in [1.165, 1.54) is 7.11 Å². The molecule has 0 fully saturated rings. The zero-order valence-electron chi connectivity index (χ0n) is 15.1. The van der Waals surface area contributed by atoms with Crippen molar-refractivity contribution in [2.24, 2.45) is 0 Å². The Morgan fingerprint density at radius 1 is 1.11 bits per heavy atom. The SMILES string of the molecule is COCCOc1ccc(C(C)NC(=O)c2cc(F)c(F)cc2Cl)cc1OC. The molecule has 27 heavy (non-hydrogen) atoms. The highest BCUT2D eigenvalue weighted by Gasteiger charge is 2.18. The lowest BCUT2D eigenvalue weighted by Gasteiger charge is -2.17. The highest BCUT2D eigenvalue weighted by molar-refractivity contribution is 6.33. The number of rotatable bonds is 8. The molecule has 0 heterocycles. The largest absolute Gasteiger partial charge is 0.493 e. The summed E-state index contributed by atoms with van der Waals surface area (Å²) in [5.41, 5.74) is 0.590. The van der Waals surface area contributed by atoms with Crippen LogP contribution in [0.5, 0.6) is 11.5 Å². The molecule has 1 atom stereocenters. The van der Waals surface area contributed by atoms with Gasteiger partial charge in [0, 0.05) is 7.11 Å². The minimum absolute atomic E-state index is 0.145. The molecule has 2 aromatic carbocycles. The van der Waals surface area contributed by atoms with Crippen molar-refractivity contribution in [2.75, 3.05) is 27.4 Å². The second-order valence-electron chi connectivity index (χ2n) is 5.69. The first-order valence-corrected chi connectivity index (χ1v) is 8.50. The average Bonchev–Trinajstić information content (AvgIpc) is 2.64. The van der Waals surface area contributed by atoms with Gasteiger partial charge in [0.15, 0.2) is 23.1 Å². The van der Waals surface area contributed by atoms with E-state index in [0.717, 1.165) is 17.7 Å². The molecule has 0 spiro atoms. The smallest absolute Gasteiger partial charge is 0.253 e. The number of carbonyl (C=O) groups excluding carboxylic acids is 1. The Balaban J connectivity index is 2.14. The van der Waals surface area contributed by atoms with Gasteiger partial charge in [-0.2, -0.15) is 0 Å². The molecular formula is C19H20ClF2NO4. The van der Waals surface area contributed by atoms with Crippen molar-refractivity contribution in [3.8, 4) is 11.5 Å². The first-order chi connectivity index (χ1) is 12.9. The molecule has 2 rings (SSSR count). The van der Waals surface area contributed by atoms with Crippen molar-refractivity contribution < 1.29 is 27.8 Å². The summed E-state index contributed by atoms with van der Waals surface area (Å²) in [7, 11) is 3.08. The number of methoxy groups -OCH3 is 2. The number of nitrogens with one attached hydrogen (secondary N) is 1. The summed E-state index contributed by atoms with van der Waals surface area (Å²) in [6.07, 6.45) is 0. The van der Waals surface area contributed by atoms with Crippen LogP contribution < -0.4 is 14.8 Å². The average molecular weight is 400 g/mol. The molecule has 0 radical (unpaired) electrons. The fraction of sp³-hybridized carbons (Fsp3) is 0.316. The number of ether oxygens (including phenoxy) is 3. The van der Waals surface area contributed by atoms with Crippen LogP contribution in [0, 0.1) is 11.6 Å². The van der Waals surface area contributed by atoms with Crippen LogP contribution in [-0.4, -0.2) is 33.3 Å². The number of amides is 1. The summed E-state index contributed by atoms with van der Waals surface area (Å²) in [6.45, 7) is 2.55. The fourth-order valence-electron chi connectivity index (χ4n) is 2.36. The summed E-state index contributed by atoms with van der Waals surface area (Å²) in [6, 6.07) is 6.31. The lowest BCUT2D eigenvalue weighted by Crippen LogP contribution is -2.27. The van der Waals surface area contributed by atoms with Gasteiger partial charge in [-0.3, -0.25) is 4.79 Å². The van der Waals surface area contributed by atoms with Crippen LogP contribution in [0.25, 0.3) is 0 Å². The molecule has 8 heteroatoms. The van der Waals surface area contributed by atoms with Crippen LogP contribution in [0.2, 0.25) is 5.02 Å². The van der Waals surface area contributed by atoms with E-state index in [4.69, 9.17) is 25.8 Å². The van der Waals surface area contributed by atoms with Gasteiger partial charge in [-0.15, -0.1) is 0 Å². The van der Waals surface area contributed by atoms with E-state index < -0.39 is 23.6 Å². The molecule has 0 aromatic heterocycles. The van der Waals surface area contributed by atoms with Crippen molar-refractivity contribution in [1.82, 2.24) is 5.32 Å². The molecule has 1 unspecified atom stereocenters. The third kappa shape index (κ3) is 5.30. The van der Waals surface area contributed by atoms with Crippen LogP contribution in [0.15, 0.2) is 30.3 Å². The number of benzene rings is 2. The van der Waals surface area contributed by atoms with Gasteiger partial charge in [-0.25, -0.2) is 8.78 Å². The molecule has 0 saturated heterocycles. The van der Waals surface area contributed by atoms with Gasteiger partial charge in [0.2, 0.25) is 0 Å². The normalized spacial score (nSPS) is 11.8. The minimum atomic E-state index is -1.14. The van der Waals surface area contributed by atoms with Crippen LogP contribution >= 0.6 is 11.6 Å². The van der Waals surface area contributed by atoms with Crippen LogP contribution in [0.4, 0.5) is 8.78 Å². The molecule has 0 aliphatic heterocycles. The summed E-state index contributed by atoms with van der Waals surface area (Å²) in [5, 5.41) is 2.53. The Bertz CT molecular complexity index is 817. The van der Waals surface area contributed by atoms with E-state index >= 15 is 0 Å². The minimum Gasteiger partial charge on any atom is -0.493 e. The third-order valence-corrected chi connectivity index (χ3v) is 4.15. The Hall–Kier alpha value is -2.38. The molecule has 146 valence electrons. The number of hydrogen-bond acceptors (Lipinski definition) is 4. The lowest BCUT2D eigenvalue weighted by atomic mass is 10.1. The van der Waals surface area contributed by atoms with Gasteiger partial charge in [-0.05, 0) is 36.8 Å². The van der Waals surface area contributed by atoms with E-state index in [9.17, 15) is 13.6 Å². The highest BCUT2D eigenvalue weighted by Crippen LogP contribution is 2.30. The quantitative estimate of drug-likeness (QED) is 0.535. The second kappa shape index (κ2) is 9.53. The Kier molecular flexibility index (Phi) is 7.38. The van der Waals surface area contributed by atoms with Gasteiger partial charge in [0.05, 0.1) is 30.3 Å². The summed E-state index contributed by atoms with van der Waals surface area (Å²) >= 11 is 5.84. The third-order valence-electron chi connectivity index (χ3n) is 3.83. The molecule has 2 aromatic rings. The lowest BCUT2D eigenvalue weighted by molar-refractivity contribution is 0.0939. The highest BCUT2D eigenvalue weighted by atomic mass is 35.5. The van der Waals surface area contributed by atoms with E-state index in [-0.39, 0.29) is 10.6 Å². The van der Waals surface area contributed by atoms with Gasteiger partial charge in [-0.1, -0.05) is 17.7 Å². The van der Waals surface area contributed by atoms with Crippen molar-refractivity contribution in [3.05, 3.63) is 58.1 Å². The molecular weight excluding hydrogens is 380 g/mol. The number of carbonyl (C=O) groups is 1.